The number of nitrogens with zero attached hydrogens (tertiary/aromatic N) is 3. The van der Waals surface area contributed by atoms with Gasteiger partial charge in [-0.1, -0.05) is 23.5 Å². The molecule has 1 aromatic carbocycles. The molecule has 1 aromatic heterocycles. The van der Waals surface area contributed by atoms with E-state index in [0.717, 1.165) is 0 Å². The quantitative estimate of drug-likeness (QED) is 0.635. The fraction of sp³-hybridized carbons (Fsp3) is 0.111. The van der Waals surface area contributed by atoms with Crippen molar-refractivity contribution < 1.29 is 4.92 Å². The largest absolute Gasteiger partial charge is 0.374 e. The van der Waals surface area contributed by atoms with Gasteiger partial charge < -0.3 is 5.73 Å². The zero-order valence-corrected chi connectivity index (χ0v) is 9.19. The molecule has 0 fully saturated rings. The van der Waals surface area contributed by atoms with Crippen LogP contribution in [0, 0.1) is 17.0 Å². The predicted octanol–water partition coefficient (Wildman–Crippen LogP) is 2.00. The minimum atomic E-state index is -0.413. The van der Waals surface area contributed by atoms with Gasteiger partial charge in [0.2, 0.25) is 5.13 Å². The number of nitro benzene ring substituents is 1. The molecular formula is C9H8N4O2S. The second-order valence-corrected chi connectivity index (χ2v) is 4.21. The van der Waals surface area contributed by atoms with Crippen molar-refractivity contribution in [3.8, 4) is 10.6 Å². The van der Waals surface area contributed by atoms with E-state index in [1.807, 2.05) is 0 Å². The van der Waals surface area contributed by atoms with Gasteiger partial charge in [0, 0.05) is 17.2 Å². The molecule has 0 aliphatic heterocycles. The topological polar surface area (TPSA) is 94.9 Å². The predicted molar refractivity (Wildman–Crippen MR) is 61.1 cm³/mol. The molecule has 2 N–H and O–H groups in total. The van der Waals surface area contributed by atoms with Crippen LogP contribution in [0.3, 0.4) is 0 Å². The number of hydrogen-bond acceptors (Lipinski definition) is 6. The number of hydrogen-bond donors (Lipinski definition) is 1. The van der Waals surface area contributed by atoms with Crippen LogP contribution in [-0.2, 0) is 0 Å². The number of aromatic nitrogens is 2. The van der Waals surface area contributed by atoms with Gasteiger partial charge in [-0.3, -0.25) is 10.1 Å². The van der Waals surface area contributed by atoms with E-state index < -0.39 is 4.92 Å². The highest BCUT2D eigenvalue weighted by Gasteiger charge is 2.13. The first-order valence-electron chi connectivity index (χ1n) is 4.42. The van der Waals surface area contributed by atoms with Crippen molar-refractivity contribution in [3.63, 3.8) is 0 Å². The van der Waals surface area contributed by atoms with Crippen molar-refractivity contribution in [1.82, 2.24) is 10.2 Å². The molecule has 82 valence electrons. The van der Waals surface area contributed by atoms with Crippen LogP contribution < -0.4 is 5.73 Å². The fourth-order valence-electron chi connectivity index (χ4n) is 1.29. The maximum atomic E-state index is 10.8. The van der Waals surface area contributed by atoms with E-state index in [9.17, 15) is 10.1 Å². The third-order valence-corrected chi connectivity index (χ3v) is 2.89. The zero-order chi connectivity index (χ0) is 11.7. The van der Waals surface area contributed by atoms with Crippen LogP contribution in [0.5, 0.6) is 0 Å². The molecule has 0 unspecified atom stereocenters. The minimum absolute atomic E-state index is 0.0753. The molecular weight excluding hydrogens is 228 g/mol. The van der Waals surface area contributed by atoms with Gasteiger partial charge in [-0.05, 0) is 6.92 Å². The van der Waals surface area contributed by atoms with Gasteiger partial charge in [0.1, 0.15) is 5.01 Å². The van der Waals surface area contributed by atoms with Crippen LogP contribution in [0.25, 0.3) is 10.6 Å². The summed E-state index contributed by atoms with van der Waals surface area (Å²) in [5.74, 6) is 0. The number of aryl methyl sites for hydroxylation is 1. The van der Waals surface area contributed by atoms with Crippen molar-refractivity contribution in [2.24, 2.45) is 0 Å². The molecule has 0 aliphatic rings. The molecule has 0 atom stereocenters. The average Bonchev–Trinajstić information content (AvgIpc) is 2.65. The van der Waals surface area contributed by atoms with Gasteiger partial charge in [0.15, 0.2) is 0 Å². The van der Waals surface area contributed by atoms with Gasteiger partial charge >= 0.3 is 0 Å². The van der Waals surface area contributed by atoms with Gasteiger partial charge in [0.25, 0.3) is 5.69 Å². The number of rotatable bonds is 2. The number of nitro groups is 1. The third-order valence-electron chi connectivity index (χ3n) is 2.09. The Morgan fingerprint density at radius 1 is 1.44 bits per heavy atom. The minimum Gasteiger partial charge on any atom is -0.374 e. The van der Waals surface area contributed by atoms with E-state index in [2.05, 4.69) is 10.2 Å². The highest BCUT2D eigenvalue weighted by atomic mass is 32.1. The van der Waals surface area contributed by atoms with Gasteiger partial charge in [0.05, 0.1) is 4.92 Å². The molecule has 2 aromatic rings. The lowest BCUT2D eigenvalue weighted by atomic mass is 10.1. The lowest BCUT2D eigenvalue weighted by molar-refractivity contribution is -0.385. The van der Waals surface area contributed by atoms with Crippen LogP contribution in [0.1, 0.15) is 5.56 Å². The van der Waals surface area contributed by atoms with Gasteiger partial charge in [-0.15, -0.1) is 10.2 Å². The molecule has 7 heteroatoms. The van der Waals surface area contributed by atoms with Crippen molar-refractivity contribution in [3.05, 3.63) is 33.9 Å². The Morgan fingerprint density at radius 3 is 2.75 bits per heavy atom. The zero-order valence-electron chi connectivity index (χ0n) is 8.38. The van der Waals surface area contributed by atoms with Crippen LogP contribution in [0.2, 0.25) is 0 Å². The Morgan fingerprint density at radius 2 is 2.19 bits per heavy atom. The van der Waals surface area contributed by atoms with Crippen LogP contribution in [0.4, 0.5) is 10.8 Å². The summed E-state index contributed by atoms with van der Waals surface area (Å²) in [7, 11) is 0. The van der Waals surface area contributed by atoms with Crippen molar-refractivity contribution in [2.45, 2.75) is 6.92 Å². The maximum Gasteiger partial charge on any atom is 0.273 e. The lowest BCUT2D eigenvalue weighted by Gasteiger charge is -1.99. The second kappa shape index (κ2) is 3.86. The Labute approximate surface area is 94.9 Å². The standard InChI is InChI=1S/C9H8N4O2S/c1-5-2-3-6(4-7(5)13(14)15)8-11-12-9(10)16-8/h2-4H,1H3,(H2,10,12). The van der Waals surface area contributed by atoms with E-state index in [-0.39, 0.29) is 5.69 Å². The highest BCUT2D eigenvalue weighted by Crippen LogP contribution is 2.29. The lowest BCUT2D eigenvalue weighted by Crippen LogP contribution is -1.91. The molecule has 0 amide bonds. The number of nitrogens with two attached hydrogens (primary N) is 1. The molecule has 0 saturated heterocycles. The van der Waals surface area contributed by atoms with Crippen LogP contribution >= 0.6 is 11.3 Å². The molecule has 16 heavy (non-hydrogen) atoms. The Hall–Kier alpha value is -2.02. The van der Waals surface area contributed by atoms with Crippen molar-refractivity contribution >= 4 is 22.2 Å². The third kappa shape index (κ3) is 1.84. The molecule has 0 aliphatic carbocycles. The fourth-order valence-corrected chi connectivity index (χ4v) is 1.90. The summed E-state index contributed by atoms with van der Waals surface area (Å²) >= 11 is 1.20. The van der Waals surface area contributed by atoms with E-state index >= 15 is 0 Å². The Kier molecular flexibility index (Phi) is 2.53. The summed E-state index contributed by atoms with van der Waals surface area (Å²) in [5, 5.41) is 19.2. The van der Waals surface area contributed by atoms with Crippen molar-refractivity contribution in [2.75, 3.05) is 5.73 Å². The highest BCUT2D eigenvalue weighted by molar-refractivity contribution is 7.18. The van der Waals surface area contributed by atoms with Crippen LogP contribution in [0.15, 0.2) is 18.2 Å². The molecule has 0 bridgehead atoms. The molecule has 2 rings (SSSR count). The molecule has 6 nitrogen and oxygen atoms in total. The summed E-state index contributed by atoms with van der Waals surface area (Å²) in [6.07, 6.45) is 0. The van der Waals surface area contributed by atoms with E-state index in [0.29, 0.717) is 21.3 Å². The van der Waals surface area contributed by atoms with E-state index in [4.69, 9.17) is 5.73 Å². The van der Waals surface area contributed by atoms with E-state index in [1.54, 1.807) is 19.1 Å². The number of benzene rings is 1. The van der Waals surface area contributed by atoms with Gasteiger partial charge in [-0.25, -0.2) is 0 Å². The summed E-state index contributed by atoms with van der Waals surface area (Å²) in [6, 6.07) is 4.93. The second-order valence-electron chi connectivity index (χ2n) is 3.20. The molecule has 1 heterocycles. The first kappa shape index (κ1) is 10.5. The smallest absolute Gasteiger partial charge is 0.273 e. The normalized spacial score (nSPS) is 10.3. The number of nitrogen functional groups attached to an aromatic ring is 1. The Bertz CT molecular complexity index is 552. The maximum absolute atomic E-state index is 10.8. The van der Waals surface area contributed by atoms with Crippen LogP contribution in [-0.4, -0.2) is 15.1 Å². The molecule has 0 radical (unpaired) electrons. The van der Waals surface area contributed by atoms with E-state index in [1.165, 1.54) is 17.4 Å². The summed E-state index contributed by atoms with van der Waals surface area (Å²) in [5.41, 5.74) is 6.81. The SMILES string of the molecule is Cc1ccc(-c2nnc(N)s2)cc1[N+](=O)[O-]. The van der Waals surface area contributed by atoms with Crippen molar-refractivity contribution in [1.29, 1.82) is 0 Å². The first-order chi connectivity index (χ1) is 7.58. The average molecular weight is 236 g/mol. The molecule has 0 spiro atoms. The molecule has 0 saturated carbocycles. The summed E-state index contributed by atoms with van der Waals surface area (Å²) < 4.78 is 0. The Balaban J connectivity index is 2.51. The summed E-state index contributed by atoms with van der Waals surface area (Å²) in [4.78, 5) is 10.3. The first-order valence-corrected chi connectivity index (χ1v) is 5.24. The van der Waals surface area contributed by atoms with Gasteiger partial charge in [-0.2, -0.15) is 0 Å². The monoisotopic (exact) mass is 236 g/mol. The number of anilines is 1. The summed E-state index contributed by atoms with van der Waals surface area (Å²) in [6.45, 7) is 1.69.